The van der Waals surface area contributed by atoms with E-state index in [4.69, 9.17) is 4.84 Å². The van der Waals surface area contributed by atoms with Crippen molar-refractivity contribution in [1.29, 1.82) is 0 Å². The fourth-order valence-corrected chi connectivity index (χ4v) is 1.66. The summed E-state index contributed by atoms with van der Waals surface area (Å²) in [5.74, 6) is 0.00630. The molecule has 0 atom stereocenters. The van der Waals surface area contributed by atoms with Gasteiger partial charge in [-0.15, -0.1) is 0 Å². The molecule has 0 radical (unpaired) electrons. The quantitative estimate of drug-likeness (QED) is 0.649. The van der Waals surface area contributed by atoms with Gasteiger partial charge in [-0.25, -0.2) is 0 Å². The molecule has 0 aromatic heterocycles. The predicted molar refractivity (Wildman–Crippen MR) is 49.4 cm³/mol. The van der Waals surface area contributed by atoms with E-state index in [1.165, 1.54) is 12.2 Å². The van der Waals surface area contributed by atoms with E-state index in [1.54, 1.807) is 0 Å². The molecule has 0 fully saturated rings. The summed E-state index contributed by atoms with van der Waals surface area (Å²) in [5, 5.41) is 1.35. The van der Waals surface area contributed by atoms with Crippen molar-refractivity contribution in [1.82, 2.24) is 0 Å². The number of fused-ring (bicyclic) bond motifs is 1. The van der Waals surface area contributed by atoms with Gasteiger partial charge in [0.25, 0.3) is 5.91 Å². The standard InChI is InChI=1S/C10H11NO2/c1-7-4-3-5-9-8(7)6-10(12)11(9)13-2/h3-5H,6H2,1-2H3. The minimum atomic E-state index is 0.00630. The summed E-state index contributed by atoms with van der Waals surface area (Å²) in [6.45, 7) is 2.01. The summed E-state index contributed by atoms with van der Waals surface area (Å²) in [6, 6.07) is 5.83. The number of carbonyl (C=O) groups is 1. The number of hydrogen-bond donors (Lipinski definition) is 0. The zero-order chi connectivity index (χ0) is 9.42. The van der Waals surface area contributed by atoms with Crippen LogP contribution in [0.1, 0.15) is 11.1 Å². The Balaban J connectivity index is 2.54. The Morgan fingerprint density at radius 2 is 2.23 bits per heavy atom. The van der Waals surface area contributed by atoms with Crippen molar-refractivity contribution >= 4 is 11.6 Å². The number of nitrogens with zero attached hydrogens (tertiary/aromatic N) is 1. The van der Waals surface area contributed by atoms with Crippen LogP contribution in [-0.4, -0.2) is 13.0 Å². The van der Waals surface area contributed by atoms with Gasteiger partial charge in [-0.2, -0.15) is 5.06 Å². The lowest BCUT2D eigenvalue weighted by Gasteiger charge is -2.13. The SMILES string of the molecule is CON1C(=O)Cc2c(C)cccc21. The first-order valence-corrected chi connectivity index (χ1v) is 4.19. The summed E-state index contributed by atoms with van der Waals surface area (Å²) in [7, 11) is 1.51. The van der Waals surface area contributed by atoms with Gasteiger partial charge in [0, 0.05) is 0 Å². The fourth-order valence-electron chi connectivity index (χ4n) is 1.66. The molecule has 1 amide bonds. The van der Waals surface area contributed by atoms with Crippen LogP contribution in [-0.2, 0) is 16.1 Å². The van der Waals surface area contributed by atoms with Crippen molar-refractivity contribution in [3.8, 4) is 0 Å². The lowest BCUT2D eigenvalue weighted by Crippen LogP contribution is -2.24. The molecule has 1 aliphatic rings. The molecule has 0 saturated heterocycles. The first-order valence-electron chi connectivity index (χ1n) is 4.19. The third-order valence-corrected chi connectivity index (χ3v) is 2.34. The van der Waals surface area contributed by atoms with E-state index >= 15 is 0 Å². The van der Waals surface area contributed by atoms with Crippen molar-refractivity contribution in [2.45, 2.75) is 13.3 Å². The van der Waals surface area contributed by atoms with Gasteiger partial charge in [-0.3, -0.25) is 9.63 Å². The van der Waals surface area contributed by atoms with Gasteiger partial charge < -0.3 is 0 Å². The first-order chi connectivity index (χ1) is 6.24. The fraction of sp³-hybridized carbons (Fsp3) is 0.300. The number of hydroxylamine groups is 1. The normalized spacial score (nSPS) is 14.9. The summed E-state index contributed by atoms with van der Waals surface area (Å²) in [4.78, 5) is 16.4. The molecule has 2 rings (SSSR count). The number of rotatable bonds is 1. The molecule has 13 heavy (non-hydrogen) atoms. The van der Waals surface area contributed by atoms with Crippen molar-refractivity contribution in [3.63, 3.8) is 0 Å². The van der Waals surface area contributed by atoms with Gasteiger partial charge in [0.15, 0.2) is 0 Å². The number of carbonyl (C=O) groups excluding carboxylic acids is 1. The van der Waals surface area contributed by atoms with Crippen LogP contribution in [0.15, 0.2) is 18.2 Å². The summed E-state index contributed by atoms with van der Waals surface area (Å²) >= 11 is 0. The maximum Gasteiger partial charge on any atom is 0.255 e. The monoisotopic (exact) mass is 177 g/mol. The number of aryl methyl sites for hydroxylation is 1. The van der Waals surface area contributed by atoms with Crippen LogP contribution < -0.4 is 5.06 Å². The molecule has 0 saturated carbocycles. The largest absolute Gasteiger partial charge is 0.272 e. The molecule has 0 aliphatic carbocycles. The van der Waals surface area contributed by atoms with Gasteiger partial charge in [0.2, 0.25) is 0 Å². The Kier molecular flexibility index (Phi) is 1.81. The van der Waals surface area contributed by atoms with Crippen LogP contribution in [0, 0.1) is 6.92 Å². The van der Waals surface area contributed by atoms with Gasteiger partial charge in [-0.1, -0.05) is 12.1 Å². The summed E-state index contributed by atoms with van der Waals surface area (Å²) in [6.07, 6.45) is 0.454. The average Bonchev–Trinajstić information content (AvgIpc) is 2.43. The maximum absolute atomic E-state index is 11.4. The van der Waals surface area contributed by atoms with E-state index < -0.39 is 0 Å². The van der Waals surface area contributed by atoms with Crippen LogP contribution in [0.3, 0.4) is 0 Å². The van der Waals surface area contributed by atoms with E-state index in [9.17, 15) is 4.79 Å². The molecular formula is C10H11NO2. The highest BCUT2D eigenvalue weighted by Crippen LogP contribution is 2.30. The van der Waals surface area contributed by atoms with Crippen molar-refractivity contribution in [3.05, 3.63) is 29.3 Å². The van der Waals surface area contributed by atoms with Crippen LogP contribution in [0.2, 0.25) is 0 Å². The number of anilines is 1. The highest BCUT2D eigenvalue weighted by Gasteiger charge is 2.28. The van der Waals surface area contributed by atoms with Crippen LogP contribution in [0.5, 0.6) is 0 Å². The van der Waals surface area contributed by atoms with E-state index in [-0.39, 0.29) is 5.91 Å². The Morgan fingerprint density at radius 3 is 2.92 bits per heavy atom. The van der Waals surface area contributed by atoms with E-state index in [0.29, 0.717) is 6.42 Å². The molecule has 1 aromatic rings. The van der Waals surface area contributed by atoms with Gasteiger partial charge >= 0.3 is 0 Å². The minimum absolute atomic E-state index is 0.00630. The van der Waals surface area contributed by atoms with Crippen molar-refractivity contribution < 1.29 is 9.63 Å². The minimum Gasteiger partial charge on any atom is -0.272 e. The molecule has 3 nitrogen and oxygen atoms in total. The van der Waals surface area contributed by atoms with Gasteiger partial charge in [-0.05, 0) is 24.1 Å². The third kappa shape index (κ3) is 1.12. The lowest BCUT2D eigenvalue weighted by atomic mass is 10.1. The summed E-state index contributed by atoms with van der Waals surface area (Å²) in [5.41, 5.74) is 3.10. The number of benzene rings is 1. The molecule has 1 heterocycles. The molecule has 0 N–H and O–H groups in total. The molecular weight excluding hydrogens is 166 g/mol. The molecule has 0 unspecified atom stereocenters. The first kappa shape index (κ1) is 8.26. The maximum atomic E-state index is 11.4. The topological polar surface area (TPSA) is 29.5 Å². The highest BCUT2D eigenvalue weighted by atomic mass is 16.7. The van der Waals surface area contributed by atoms with E-state index in [0.717, 1.165) is 16.8 Å². The second-order valence-corrected chi connectivity index (χ2v) is 3.12. The molecule has 1 aromatic carbocycles. The Bertz CT molecular complexity index is 360. The van der Waals surface area contributed by atoms with Gasteiger partial charge in [0.05, 0.1) is 19.2 Å². The third-order valence-electron chi connectivity index (χ3n) is 2.34. The van der Waals surface area contributed by atoms with Crippen molar-refractivity contribution in [2.75, 3.05) is 12.2 Å². The zero-order valence-corrected chi connectivity index (χ0v) is 7.70. The summed E-state index contributed by atoms with van der Waals surface area (Å²) < 4.78 is 0. The van der Waals surface area contributed by atoms with Crippen LogP contribution in [0.4, 0.5) is 5.69 Å². The molecule has 3 heteroatoms. The molecule has 0 bridgehead atoms. The highest BCUT2D eigenvalue weighted by molar-refractivity contribution is 6.00. The average molecular weight is 177 g/mol. The predicted octanol–water partition coefficient (Wildman–Crippen LogP) is 1.45. The molecule has 68 valence electrons. The lowest BCUT2D eigenvalue weighted by molar-refractivity contribution is -0.123. The molecule has 1 aliphatic heterocycles. The van der Waals surface area contributed by atoms with Gasteiger partial charge in [0.1, 0.15) is 0 Å². The number of hydrogen-bond acceptors (Lipinski definition) is 2. The Labute approximate surface area is 76.9 Å². The van der Waals surface area contributed by atoms with E-state index in [2.05, 4.69) is 0 Å². The zero-order valence-electron chi connectivity index (χ0n) is 7.70. The Morgan fingerprint density at radius 1 is 1.46 bits per heavy atom. The van der Waals surface area contributed by atoms with Crippen LogP contribution >= 0.6 is 0 Å². The second kappa shape index (κ2) is 2.85. The Hall–Kier alpha value is -1.35. The van der Waals surface area contributed by atoms with Crippen LogP contribution in [0.25, 0.3) is 0 Å². The molecule has 0 spiro atoms. The smallest absolute Gasteiger partial charge is 0.255 e. The number of amides is 1. The van der Waals surface area contributed by atoms with Crippen molar-refractivity contribution in [2.24, 2.45) is 0 Å². The second-order valence-electron chi connectivity index (χ2n) is 3.12. The van der Waals surface area contributed by atoms with E-state index in [1.807, 2.05) is 25.1 Å².